The van der Waals surface area contributed by atoms with E-state index in [9.17, 15) is 28.9 Å². The molecular formula is C46H82NO11P. The van der Waals surface area contributed by atoms with Gasteiger partial charge in [0.2, 0.25) is 0 Å². The van der Waals surface area contributed by atoms with Crippen molar-refractivity contribution in [1.82, 2.24) is 0 Å². The monoisotopic (exact) mass is 856 g/mol. The van der Waals surface area contributed by atoms with E-state index in [0.717, 1.165) is 25.7 Å². The highest BCUT2D eigenvalue weighted by molar-refractivity contribution is 7.47. The molecule has 0 aliphatic heterocycles. The molecule has 12 nitrogen and oxygen atoms in total. The largest absolute Gasteiger partial charge is 0.480 e. The molecule has 0 amide bonds. The summed E-state index contributed by atoms with van der Waals surface area (Å²) in [7, 11) is -4.75. The predicted molar refractivity (Wildman–Crippen MR) is 237 cm³/mol. The molecular weight excluding hydrogens is 773 g/mol. The minimum Gasteiger partial charge on any atom is -0.480 e. The first-order valence-corrected chi connectivity index (χ1v) is 24.3. The summed E-state index contributed by atoms with van der Waals surface area (Å²) in [6, 6.07) is -1.54. The topological polar surface area (TPSA) is 192 Å². The van der Waals surface area contributed by atoms with Gasteiger partial charge in [-0.25, -0.2) is 4.57 Å². The molecule has 0 saturated carbocycles. The highest BCUT2D eigenvalue weighted by Crippen LogP contribution is 2.43. The number of esters is 2. The molecule has 0 aliphatic rings. The van der Waals surface area contributed by atoms with Crippen molar-refractivity contribution in [1.29, 1.82) is 0 Å². The quantitative estimate of drug-likeness (QED) is 0.0150. The molecule has 0 saturated heterocycles. The van der Waals surface area contributed by atoms with Crippen LogP contribution in [0.1, 0.15) is 187 Å². The van der Waals surface area contributed by atoms with Crippen molar-refractivity contribution in [3.8, 4) is 0 Å². The van der Waals surface area contributed by atoms with Crippen LogP contribution >= 0.6 is 7.82 Å². The Hall–Kier alpha value is -2.60. The van der Waals surface area contributed by atoms with Crippen LogP contribution in [0, 0.1) is 0 Å². The Morgan fingerprint density at radius 3 is 1.71 bits per heavy atom. The first-order valence-electron chi connectivity index (χ1n) is 22.8. The van der Waals surface area contributed by atoms with Crippen molar-refractivity contribution in [3.05, 3.63) is 48.6 Å². The summed E-state index contributed by atoms with van der Waals surface area (Å²) >= 11 is 0. The van der Waals surface area contributed by atoms with Crippen molar-refractivity contribution in [2.45, 2.75) is 205 Å². The van der Waals surface area contributed by atoms with Gasteiger partial charge < -0.3 is 30.3 Å². The van der Waals surface area contributed by atoms with Gasteiger partial charge in [-0.3, -0.25) is 23.4 Å². The van der Waals surface area contributed by atoms with Crippen LogP contribution in [-0.2, 0) is 37.5 Å². The second kappa shape index (κ2) is 40.8. The summed E-state index contributed by atoms with van der Waals surface area (Å²) < 4.78 is 32.6. The smallest absolute Gasteiger partial charge is 0.472 e. The van der Waals surface area contributed by atoms with E-state index in [-0.39, 0.29) is 19.4 Å². The normalized spacial score (nSPS) is 14.7. The number of allylic oxidation sites excluding steroid dienone is 6. The molecule has 342 valence electrons. The Kier molecular flexibility index (Phi) is 39.0. The minimum absolute atomic E-state index is 0.0539. The van der Waals surface area contributed by atoms with Crippen LogP contribution in [0.25, 0.3) is 0 Å². The molecule has 1 unspecified atom stereocenters. The van der Waals surface area contributed by atoms with Gasteiger partial charge in [0.1, 0.15) is 12.6 Å². The van der Waals surface area contributed by atoms with Crippen LogP contribution in [0.4, 0.5) is 0 Å². The lowest BCUT2D eigenvalue weighted by Crippen LogP contribution is -2.34. The molecule has 13 heteroatoms. The number of phosphoric acid groups is 1. The maximum atomic E-state index is 12.6. The van der Waals surface area contributed by atoms with Crippen molar-refractivity contribution < 1.29 is 52.6 Å². The van der Waals surface area contributed by atoms with E-state index < -0.39 is 57.2 Å². The van der Waals surface area contributed by atoms with Crippen LogP contribution < -0.4 is 5.73 Å². The third-order valence-electron chi connectivity index (χ3n) is 9.66. The van der Waals surface area contributed by atoms with Gasteiger partial charge in [-0.1, -0.05) is 178 Å². The van der Waals surface area contributed by atoms with E-state index in [2.05, 4.69) is 24.4 Å². The maximum absolute atomic E-state index is 12.6. The lowest BCUT2D eigenvalue weighted by molar-refractivity contribution is -0.161. The molecule has 0 aromatic heterocycles. The Balaban J connectivity index is 4.48. The van der Waals surface area contributed by atoms with Crippen molar-refractivity contribution in [2.75, 3.05) is 19.8 Å². The number of unbranched alkanes of at least 4 members (excludes halogenated alkanes) is 20. The number of carboxylic acid groups (broad SMARTS) is 1. The van der Waals surface area contributed by atoms with Gasteiger partial charge in [0.25, 0.3) is 0 Å². The molecule has 0 aromatic rings. The molecule has 0 heterocycles. The second-order valence-corrected chi connectivity index (χ2v) is 16.8. The molecule has 0 bridgehead atoms. The molecule has 0 spiro atoms. The van der Waals surface area contributed by atoms with E-state index in [1.54, 1.807) is 6.08 Å². The Morgan fingerprint density at radius 1 is 0.610 bits per heavy atom. The molecule has 5 N–H and O–H groups in total. The zero-order valence-corrected chi connectivity index (χ0v) is 37.6. The predicted octanol–water partition coefficient (Wildman–Crippen LogP) is 11.1. The molecule has 0 fully saturated rings. The summed E-state index contributed by atoms with van der Waals surface area (Å²) in [5.41, 5.74) is 5.33. The van der Waals surface area contributed by atoms with Gasteiger partial charge in [-0.15, -0.1) is 0 Å². The SMILES string of the molecule is CCCCC/C=C\C[C@H](O)/C=C/C=C\C/C=C\CCCC(=O)O[C@H](COC(=O)CCCCCCCCCCCCCCCCCCC)COP(=O)(O)OC[C@H](N)C(=O)O. The molecule has 0 aliphatic carbocycles. The lowest BCUT2D eigenvalue weighted by atomic mass is 10.0. The number of aliphatic hydroxyl groups excluding tert-OH is 1. The number of ether oxygens (including phenoxy) is 2. The number of hydrogen-bond acceptors (Lipinski definition) is 10. The molecule has 0 radical (unpaired) electrons. The average Bonchev–Trinajstić information content (AvgIpc) is 3.21. The van der Waals surface area contributed by atoms with Gasteiger partial charge in [-0.05, 0) is 44.9 Å². The van der Waals surface area contributed by atoms with Crippen LogP contribution in [-0.4, -0.2) is 71.1 Å². The number of carbonyl (C=O) groups excluding carboxylic acids is 2. The zero-order valence-electron chi connectivity index (χ0n) is 36.7. The van der Waals surface area contributed by atoms with Crippen molar-refractivity contribution in [3.63, 3.8) is 0 Å². The summed E-state index contributed by atoms with van der Waals surface area (Å²) in [6.07, 6.45) is 42.1. The van der Waals surface area contributed by atoms with Gasteiger partial charge in [0.15, 0.2) is 6.10 Å². The fourth-order valence-electron chi connectivity index (χ4n) is 6.02. The fraction of sp³-hybridized carbons (Fsp3) is 0.761. The lowest BCUT2D eigenvalue weighted by Gasteiger charge is -2.20. The third-order valence-corrected chi connectivity index (χ3v) is 10.6. The fourth-order valence-corrected chi connectivity index (χ4v) is 6.80. The maximum Gasteiger partial charge on any atom is 0.472 e. The number of carboxylic acids is 1. The molecule has 0 aromatic carbocycles. The number of aliphatic carboxylic acids is 1. The van der Waals surface area contributed by atoms with Crippen molar-refractivity contribution in [2.24, 2.45) is 5.73 Å². The van der Waals surface area contributed by atoms with Gasteiger partial charge in [-0.2, -0.15) is 0 Å². The molecule has 59 heavy (non-hydrogen) atoms. The molecule has 0 rings (SSSR count). The first kappa shape index (κ1) is 56.4. The van der Waals surface area contributed by atoms with E-state index in [4.69, 9.17) is 24.8 Å². The minimum atomic E-state index is -4.75. The standard InChI is InChI=1S/C46H82NO11P/c1-3-5-7-9-11-12-13-14-15-16-17-18-19-20-24-28-32-36-44(49)55-38-42(39-56-59(53,54)57-40-43(47)46(51)52)58-45(50)37-33-29-25-22-21-23-27-31-35-41(48)34-30-26-10-8-6-4-2/h22-23,25-27,30-31,35,41-43,48H,3-21,24,28-29,32-34,36-40,47H2,1-2H3,(H,51,52)(H,53,54)/b25-22-,27-23-,30-26-,35-31+/t41-,42+,43-/m0/s1. The zero-order chi connectivity index (χ0) is 43.7. The number of aliphatic hydroxyl groups is 1. The van der Waals surface area contributed by atoms with Gasteiger partial charge in [0, 0.05) is 12.8 Å². The Labute approximate surface area is 357 Å². The van der Waals surface area contributed by atoms with Crippen molar-refractivity contribution >= 4 is 25.7 Å². The van der Waals surface area contributed by atoms with E-state index in [1.807, 2.05) is 36.5 Å². The highest BCUT2D eigenvalue weighted by atomic mass is 31.2. The number of nitrogens with two attached hydrogens (primary N) is 1. The van der Waals surface area contributed by atoms with Crippen LogP contribution in [0.3, 0.4) is 0 Å². The Morgan fingerprint density at radius 2 is 1.12 bits per heavy atom. The van der Waals surface area contributed by atoms with E-state index >= 15 is 0 Å². The Bertz CT molecular complexity index is 1210. The summed E-state index contributed by atoms with van der Waals surface area (Å²) in [5.74, 6) is -2.49. The van der Waals surface area contributed by atoms with E-state index in [0.29, 0.717) is 32.1 Å². The van der Waals surface area contributed by atoms with Crippen LogP contribution in [0.2, 0.25) is 0 Å². The van der Waals surface area contributed by atoms with Crippen LogP contribution in [0.15, 0.2) is 48.6 Å². The number of carbonyl (C=O) groups is 3. The summed E-state index contributed by atoms with van der Waals surface area (Å²) in [4.78, 5) is 46.0. The second-order valence-electron chi connectivity index (χ2n) is 15.4. The van der Waals surface area contributed by atoms with Gasteiger partial charge >= 0.3 is 25.7 Å². The summed E-state index contributed by atoms with van der Waals surface area (Å²) in [6.45, 7) is 2.65. The average molecular weight is 856 g/mol. The summed E-state index contributed by atoms with van der Waals surface area (Å²) in [5, 5.41) is 18.9. The number of rotatable bonds is 42. The van der Waals surface area contributed by atoms with Crippen LogP contribution in [0.5, 0.6) is 0 Å². The first-order chi connectivity index (χ1) is 28.5. The number of hydrogen-bond donors (Lipinski definition) is 4. The number of phosphoric ester groups is 1. The van der Waals surface area contributed by atoms with E-state index in [1.165, 1.54) is 103 Å². The third kappa shape index (κ3) is 40.6. The highest BCUT2D eigenvalue weighted by Gasteiger charge is 2.28. The van der Waals surface area contributed by atoms with Gasteiger partial charge in [0.05, 0.1) is 19.3 Å². The molecule has 4 atom stereocenters.